The van der Waals surface area contributed by atoms with Gasteiger partial charge in [0.1, 0.15) is 35.2 Å². The molecule has 15 nitrogen and oxygen atoms in total. The molecule has 15 heterocycles. The van der Waals surface area contributed by atoms with Gasteiger partial charge in [-0.05, 0) is 218 Å². The first-order chi connectivity index (χ1) is 59.6. The Labute approximate surface area is 722 Å². The highest BCUT2D eigenvalue weighted by molar-refractivity contribution is 6.13. The SMILES string of the molecule is Cc1ccc(-c2c(C)ccc3c2oc2nc(C)ccc23)[n+](C)c1.Cc1ccc2c(n1)oc1c(-c3cc(C(C)C)cc[n+]3C)c(C)ccc12.Cc1ccc2c(n1)oc1c(-c3cc(C)c(C)c[n+]3C)c(C)ccc12.Cc1ccc2c(n1)oc1c(-c3ccc(C(C)C)c[n+]3C)c(C)ccc12.Cc1ccc2c(oc3ncccc32)c1-c1cc(-c2ccccc2)cc[n+]1C. The number of hydrogen-bond acceptors (Lipinski definition) is 10. The van der Waals surface area contributed by atoms with Gasteiger partial charge in [0, 0.05) is 142 Å². The molecular formula is C109H105N10O5+5. The van der Waals surface area contributed by atoms with Crippen molar-refractivity contribution in [1.29, 1.82) is 0 Å². The fourth-order valence-electron chi connectivity index (χ4n) is 17.2. The predicted octanol–water partition coefficient (Wildman–Crippen LogP) is 25.0. The molecule has 0 aliphatic rings. The van der Waals surface area contributed by atoms with Crippen molar-refractivity contribution in [2.75, 3.05) is 0 Å². The van der Waals surface area contributed by atoms with Gasteiger partial charge in [0.2, 0.25) is 57.0 Å². The molecule has 0 fully saturated rings. The lowest BCUT2D eigenvalue weighted by atomic mass is 9.97. The summed E-state index contributed by atoms with van der Waals surface area (Å²) < 4.78 is 41.8. The van der Waals surface area contributed by atoms with Gasteiger partial charge in [-0.2, -0.15) is 0 Å². The lowest BCUT2D eigenvalue weighted by Crippen LogP contribution is -2.31. The first-order valence-corrected chi connectivity index (χ1v) is 42.6. The van der Waals surface area contributed by atoms with E-state index in [2.05, 4.69) is 367 Å². The Morgan fingerprint density at radius 2 is 0.605 bits per heavy atom. The largest absolute Gasteiger partial charge is 0.437 e. The number of aryl methyl sites for hydroxylation is 17. The predicted molar refractivity (Wildman–Crippen MR) is 501 cm³/mol. The van der Waals surface area contributed by atoms with E-state index in [9.17, 15) is 0 Å². The minimum absolute atomic E-state index is 0.486. The van der Waals surface area contributed by atoms with Crippen LogP contribution in [-0.4, -0.2) is 24.9 Å². The topological polar surface area (TPSA) is 150 Å². The molecule has 0 radical (unpaired) electrons. The van der Waals surface area contributed by atoms with Crippen molar-refractivity contribution in [2.24, 2.45) is 35.2 Å². The Kier molecular flexibility index (Phi) is 22.1. The van der Waals surface area contributed by atoms with Crippen molar-refractivity contribution >= 4 is 110 Å². The summed E-state index contributed by atoms with van der Waals surface area (Å²) in [7, 11) is 10.4. The van der Waals surface area contributed by atoms with Gasteiger partial charge in [-0.25, -0.2) is 47.8 Å². The number of hydrogen-bond donors (Lipinski definition) is 0. The smallest absolute Gasteiger partial charge is 0.227 e. The van der Waals surface area contributed by atoms with Gasteiger partial charge in [-0.15, -0.1) is 0 Å². The van der Waals surface area contributed by atoms with Crippen LogP contribution < -0.4 is 22.8 Å². The molecule has 21 aromatic rings. The van der Waals surface area contributed by atoms with E-state index in [0.717, 1.165) is 155 Å². The zero-order valence-electron chi connectivity index (χ0n) is 74.8. The fourth-order valence-corrected chi connectivity index (χ4v) is 17.2. The zero-order chi connectivity index (χ0) is 87.0. The molecule has 15 aromatic heterocycles. The molecule has 0 amide bonds. The molecule has 0 spiro atoms. The Morgan fingerprint density at radius 1 is 0.250 bits per heavy atom. The number of benzene rings is 6. The number of fused-ring (bicyclic) bond motifs is 15. The molecular weight excluding hydrogens is 1530 g/mol. The molecule has 0 N–H and O–H groups in total. The average molecular weight is 1640 g/mol. The van der Waals surface area contributed by atoms with Crippen molar-refractivity contribution in [2.45, 2.75) is 123 Å². The number of pyridine rings is 10. The van der Waals surface area contributed by atoms with E-state index in [1.807, 2.05) is 64.1 Å². The van der Waals surface area contributed by atoms with Crippen LogP contribution in [-0.2, 0) is 35.2 Å². The molecule has 616 valence electrons. The maximum atomic E-state index is 6.23. The Morgan fingerprint density at radius 3 is 1.02 bits per heavy atom. The average Bonchev–Trinajstić information content (AvgIpc) is 1.61. The third-order valence-electron chi connectivity index (χ3n) is 24.3. The van der Waals surface area contributed by atoms with Crippen molar-refractivity contribution < 1.29 is 44.9 Å². The first kappa shape index (κ1) is 82.1. The number of aromatic nitrogens is 10. The van der Waals surface area contributed by atoms with Gasteiger partial charge < -0.3 is 22.1 Å². The van der Waals surface area contributed by atoms with Crippen LogP contribution in [0.2, 0.25) is 0 Å². The van der Waals surface area contributed by atoms with E-state index in [0.29, 0.717) is 40.4 Å². The van der Waals surface area contributed by atoms with Crippen LogP contribution in [0.4, 0.5) is 0 Å². The van der Waals surface area contributed by atoms with E-state index in [4.69, 9.17) is 22.1 Å². The van der Waals surface area contributed by atoms with Crippen LogP contribution in [0.3, 0.4) is 0 Å². The van der Waals surface area contributed by atoms with Crippen molar-refractivity contribution in [1.82, 2.24) is 24.9 Å². The molecule has 0 saturated carbocycles. The second kappa shape index (κ2) is 33.3. The van der Waals surface area contributed by atoms with Crippen LogP contribution in [0, 0.1) is 83.1 Å². The fraction of sp³-hybridized carbons (Fsp3) is 0.211. The molecule has 15 heteroatoms. The van der Waals surface area contributed by atoms with Crippen LogP contribution in [0.1, 0.15) is 118 Å². The Hall–Kier alpha value is -14.2. The lowest BCUT2D eigenvalue weighted by molar-refractivity contribution is -0.660. The Balaban J connectivity index is 0.000000110. The van der Waals surface area contributed by atoms with Gasteiger partial charge in [0.15, 0.2) is 58.9 Å². The second-order valence-corrected chi connectivity index (χ2v) is 34.1. The van der Waals surface area contributed by atoms with E-state index in [1.54, 1.807) is 6.20 Å². The second-order valence-electron chi connectivity index (χ2n) is 34.1. The van der Waals surface area contributed by atoms with Gasteiger partial charge in [0.25, 0.3) is 0 Å². The van der Waals surface area contributed by atoms with Crippen molar-refractivity contribution in [3.63, 3.8) is 0 Å². The monoisotopic (exact) mass is 1630 g/mol. The summed E-state index contributed by atoms with van der Waals surface area (Å²) in [6.07, 6.45) is 12.5. The minimum Gasteiger partial charge on any atom is -0.437 e. The highest BCUT2D eigenvalue weighted by Crippen LogP contribution is 2.43. The van der Waals surface area contributed by atoms with Crippen LogP contribution in [0.15, 0.2) is 266 Å². The number of rotatable bonds is 8. The third-order valence-corrected chi connectivity index (χ3v) is 24.3. The number of nitrogens with zero attached hydrogens (tertiary/aromatic N) is 10. The van der Waals surface area contributed by atoms with Gasteiger partial charge in [-0.3, -0.25) is 0 Å². The van der Waals surface area contributed by atoms with Crippen molar-refractivity contribution in [3.05, 3.63) is 322 Å². The molecule has 0 unspecified atom stereocenters. The quantitative estimate of drug-likeness (QED) is 0.135. The molecule has 0 atom stereocenters. The van der Waals surface area contributed by atoms with E-state index < -0.39 is 0 Å². The highest BCUT2D eigenvalue weighted by atomic mass is 16.4. The molecule has 0 bridgehead atoms. The summed E-state index contributed by atoms with van der Waals surface area (Å²) in [6, 6.07) is 72.3. The normalized spacial score (nSPS) is 11.6. The maximum absolute atomic E-state index is 6.23. The lowest BCUT2D eigenvalue weighted by Gasteiger charge is -2.09. The minimum atomic E-state index is 0.486. The summed E-state index contributed by atoms with van der Waals surface area (Å²) in [6.45, 7) is 33.9. The van der Waals surface area contributed by atoms with E-state index in [-0.39, 0.29) is 0 Å². The molecule has 6 aromatic carbocycles. The van der Waals surface area contributed by atoms with Gasteiger partial charge in [0.05, 0.1) is 27.8 Å². The van der Waals surface area contributed by atoms with Crippen LogP contribution >= 0.6 is 0 Å². The maximum Gasteiger partial charge on any atom is 0.227 e. The van der Waals surface area contributed by atoms with Crippen molar-refractivity contribution in [3.8, 4) is 67.4 Å². The summed E-state index contributed by atoms with van der Waals surface area (Å²) in [4.78, 5) is 22.6. The van der Waals surface area contributed by atoms with E-state index in [1.165, 1.54) is 72.5 Å². The number of furan rings is 5. The summed E-state index contributed by atoms with van der Waals surface area (Å²) >= 11 is 0. The van der Waals surface area contributed by atoms with Crippen LogP contribution in [0.5, 0.6) is 0 Å². The Bertz CT molecular complexity index is 7790. The standard InChI is InChI=1S/C24H19N2O.2C22H23N2O.C21H21N2O.C20H19N2O/c1-16-10-11-19-20-9-6-13-25-24(20)27-23(19)22(16)21-15-18(12-14-26(21)2)17-7-4-3-5-8-17;1-13(2)16-8-11-19(24(5)12-16)20-14(3)6-9-17-18-10-7-15(4)23-22(18)25-21(17)20;1-13(2)16-10-11-24(5)19(12-16)20-14(3)6-8-17-18-9-7-15(4)23-22(18)25-21(17)20;1-12-6-8-16-17-9-7-15(4)22-21(17)24-20(16)19(12)18-10-13(2)14(3)11-23(18)5;1-12-5-10-17(22(4)11-12)18-13(2)6-8-15-16-9-7-14(3)21-20(16)23-19(15)18/h3-15H,1-2H3;2*6-13H,1-5H3;6-11H,1-5H3;5-11H,1-4H3/q5*+1. The summed E-state index contributed by atoms with van der Waals surface area (Å²) in [5.41, 5.74) is 38.3. The van der Waals surface area contributed by atoms with Gasteiger partial charge in [-0.1, -0.05) is 119 Å². The molecule has 0 aliphatic heterocycles. The molecule has 124 heavy (non-hydrogen) atoms. The van der Waals surface area contributed by atoms with E-state index >= 15 is 0 Å². The molecule has 0 aliphatic carbocycles. The zero-order valence-corrected chi connectivity index (χ0v) is 74.8. The summed E-state index contributed by atoms with van der Waals surface area (Å²) in [5.74, 6) is 0.995. The third kappa shape index (κ3) is 15.5. The molecule has 21 rings (SSSR count). The summed E-state index contributed by atoms with van der Waals surface area (Å²) in [5, 5.41) is 10.9. The molecule has 0 saturated heterocycles. The first-order valence-electron chi connectivity index (χ1n) is 42.6. The van der Waals surface area contributed by atoms with Gasteiger partial charge >= 0.3 is 0 Å². The van der Waals surface area contributed by atoms with Crippen LogP contribution in [0.25, 0.3) is 178 Å². The highest BCUT2D eigenvalue weighted by Gasteiger charge is 2.29.